The number of hydrogen-bond donors (Lipinski definition) is 2. The summed E-state index contributed by atoms with van der Waals surface area (Å²) in [5.41, 5.74) is 5.25. The Labute approximate surface area is 122 Å². The van der Waals surface area contributed by atoms with Crippen LogP contribution in [-0.2, 0) is 4.79 Å². The summed E-state index contributed by atoms with van der Waals surface area (Å²) in [6.07, 6.45) is 3.37. The first-order valence-corrected chi connectivity index (χ1v) is 6.67. The summed E-state index contributed by atoms with van der Waals surface area (Å²) in [5.74, 6) is 0.746. The fourth-order valence-corrected chi connectivity index (χ4v) is 1.73. The third kappa shape index (κ3) is 3.65. The van der Waals surface area contributed by atoms with E-state index in [0.717, 1.165) is 0 Å². The minimum absolute atomic E-state index is 0.0463. The van der Waals surface area contributed by atoms with Crippen molar-refractivity contribution in [3.63, 3.8) is 0 Å². The Morgan fingerprint density at radius 2 is 2.19 bits per heavy atom. The number of aromatic nitrogens is 5. The van der Waals surface area contributed by atoms with Crippen molar-refractivity contribution in [3.05, 3.63) is 18.5 Å². The number of likely N-dealkylation sites (N-methyl/N-ethyl adjacent to an activating group) is 1. The largest absolute Gasteiger partial charge is 0.368 e. The highest BCUT2D eigenvalue weighted by Gasteiger charge is 2.15. The van der Waals surface area contributed by atoms with Crippen LogP contribution >= 0.6 is 0 Å². The van der Waals surface area contributed by atoms with Crippen molar-refractivity contribution in [2.75, 3.05) is 29.9 Å². The zero-order chi connectivity index (χ0) is 15.2. The molecule has 0 atom stereocenters. The predicted octanol–water partition coefficient (Wildman–Crippen LogP) is -0.199. The molecule has 1 amide bonds. The molecule has 0 radical (unpaired) electrons. The number of nitrogens with two attached hydrogens (primary N) is 1. The fraction of sp³-hybridized carbons (Fsp3) is 0.417. The smallest absolute Gasteiger partial charge is 0.257 e. The second kappa shape index (κ2) is 6.64. The Bertz CT molecular complexity index is 597. The Morgan fingerprint density at radius 3 is 2.76 bits per heavy atom. The van der Waals surface area contributed by atoms with Crippen LogP contribution in [0.5, 0.6) is 0 Å². The maximum Gasteiger partial charge on any atom is 0.257 e. The van der Waals surface area contributed by atoms with Crippen molar-refractivity contribution < 1.29 is 4.79 Å². The number of amides is 1. The highest BCUT2D eigenvalue weighted by molar-refractivity contribution is 5.78. The summed E-state index contributed by atoms with van der Waals surface area (Å²) >= 11 is 0. The molecule has 0 aliphatic rings. The molecule has 2 rings (SSSR count). The summed E-state index contributed by atoms with van der Waals surface area (Å²) < 4.78 is 1.53. The molecule has 9 nitrogen and oxygen atoms in total. The van der Waals surface area contributed by atoms with Gasteiger partial charge >= 0.3 is 0 Å². The van der Waals surface area contributed by atoms with Gasteiger partial charge in [-0.1, -0.05) is 0 Å². The molecule has 0 aliphatic carbocycles. The van der Waals surface area contributed by atoms with E-state index in [0.29, 0.717) is 30.9 Å². The molecule has 0 fully saturated rings. The summed E-state index contributed by atoms with van der Waals surface area (Å²) in [5, 5.41) is 7.14. The van der Waals surface area contributed by atoms with Crippen LogP contribution in [0, 0.1) is 0 Å². The fourth-order valence-electron chi connectivity index (χ4n) is 1.73. The minimum Gasteiger partial charge on any atom is -0.368 e. The third-order valence-corrected chi connectivity index (χ3v) is 2.67. The average molecular weight is 290 g/mol. The first-order valence-electron chi connectivity index (χ1n) is 6.67. The molecule has 0 unspecified atom stereocenters. The highest BCUT2D eigenvalue weighted by atomic mass is 16.1. The molecule has 0 saturated carbocycles. The van der Waals surface area contributed by atoms with Gasteiger partial charge in [-0.3, -0.25) is 4.79 Å². The van der Waals surface area contributed by atoms with E-state index in [1.54, 1.807) is 23.4 Å². The summed E-state index contributed by atoms with van der Waals surface area (Å²) in [6, 6.07) is 1.78. The van der Waals surface area contributed by atoms with E-state index in [2.05, 4.69) is 25.4 Å². The van der Waals surface area contributed by atoms with E-state index in [-0.39, 0.29) is 6.54 Å². The number of primary amides is 1. The number of anilines is 2. The zero-order valence-corrected chi connectivity index (χ0v) is 12.0. The maximum absolute atomic E-state index is 11.1. The van der Waals surface area contributed by atoms with Gasteiger partial charge < -0.3 is 16.0 Å². The van der Waals surface area contributed by atoms with Crippen molar-refractivity contribution in [2.45, 2.75) is 13.8 Å². The van der Waals surface area contributed by atoms with Crippen molar-refractivity contribution in [3.8, 4) is 5.95 Å². The van der Waals surface area contributed by atoms with E-state index in [1.807, 2.05) is 13.8 Å². The lowest BCUT2D eigenvalue weighted by Crippen LogP contribution is -2.35. The molecule has 2 heterocycles. The lowest BCUT2D eigenvalue weighted by molar-refractivity contribution is -0.116. The first kappa shape index (κ1) is 14.7. The van der Waals surface area contributed by atoms with Crippen LogP contribution < -0.4 is 16.0 Å². The number of carbonyl (C=O) groups is 1. The number of nitrogens with zero attached hydrogens (tertiary/aromatic N) is 6. The Kier molecular flexibility index (Phi) is 4.64. The molecule has 0 aromatic carbocycles. The van der Waals surface area contributed by atoms with Crippen LogP contribution in [0.2, 0.25) is 0 Å². The molecule has 3 N–H and O–H groups in total. The van der Waals surface area contributed by atoms with Gasteiger partial charge in [0.15, 0.2) is 0 Å². The van der Waals surface area contributed by atoms with Crippen molar-refractivity contribution in [2.24, 2.45) is 5.73 Å². The Morgan fingerprint density at radius 1 is 1.38 bits per heavy atom. The van der Waals surface area contributed by atoms with E-state index >= 15 is 0 Å². The zero-order valence-electron chi connectivity index (χ0n) is 12.0. The van der Waals surface area contributed by atoms with Crippen LogP contribution in [0.25, 0.3) is 5.95 Å². The van der Waals surface area contributed by atoms with E-state index < -0.39 is 5.91 Å². The Hall–Kier alpha value is -2.71. The standard InChI is InChI=1S/C12H18N8O/c1-3-14-10-16-11(19(4-2)8-9(13)21)18-12(17-10)20-7-5-6-15-20/h5-7H,3-4,8H2,1-2H3,(H2,13,21)(H,14,16,17,18). The normalized spacial score (nSPS) is 10.4. The van der Waals surface area contributed by atoms with E-state index in [1.165, 1.54) is 4.68 Å². The van der Waals surface area contributed by atoms with Gasteiger partial charge in [-0.25, -0.2) is 4.68 Å². The molecular formula is C12H18N8O. The topological polar surface area (TPSA) is 115 Å². The lowest BCUT2D eigenvalue weighted by Gasteiger charge is -2.19. The predicted molar refractivity (Wildman–Crippen MR) is 78.2 cm³/mol. The SMILES string of the molecule is CCNc1nc(N(CC)CC(N)=O)nc(-n2cccn2)n1. The van der Waals surface area contributed by atoms with E-state index in [9.17, 15) is 4.79 Å². The molecule has 9 heteroatoms. The Balaban J connectivity index is 2.41. The van der Waals surface area contributed by atoms with Crippen LogP contribution in [0.15, 0.2) is 18.5 Å². The molecule has 0 spiro atoms. The molecular weight excluding hydrogens is 272 g/mol. The summed E-state index contributed by atoms with van der Waals surface area (Å²) in [6.45, 7) is 5.11. The number of hydrogen-bond acceptors (Lipinski definition) is 7. The lowest BCUT2D eigenvalue weighted by atomic mass is 10.5. The van der Waals surface area contributed by atoms with Gasteiger partial charge in [-0.15, -0.1) is 0 Å². The molecule has 0 aliphatic heterocycles. The van der Waals surface area contributed by atoms with Gasteiger partial charge in [0.05, 0.1) is 6.54 Å². The number of rotatable bonds is 7. The van der Waals surface area contributed by atoms with Gasteiger partial charge in [-0.05, 0) is 19.9 Å². The van der Waals surface area contributed by atoms with Crippen LogP contribution in [-0.4, -0.2) is 50.3 Å². The molecule has 21 heavy (non-hydrogen) atoms. The van der Waals surface area contributed by atoms with E-state index in [4.69, 9.17) is 5.73 Å². The highest BCUT2D eigenvalue weighted by Crippen LogP contribution is 2.12. The molecule has 0 bridgehead atoms. The minimum atomic E-state index is -0.442. The first-order chi connectivity index (χ1) is 10.1. The molecule has 2 aromatic heterocycles. The van der Waals surface area contributed by atoms with Gasteiger partial charge in [0.25, 0.3) is 5.95 Å². The summed E-state index contributed by atoms with van der Waals surface area (Å²) in [4.78, 5) is 25.7. The maximum atomic E-state index is 11.1. The van der Waals surface area contributed by atoms with Crippen LogP contribution in [0.1, 0.15) is 13.8 Å². The number of nitrogens with one attached hydrogen (secondary N) is 1. The van der Waals surface area contributed by atoms with Crippen molar-refractivity contribution in [1.29, 1.82) is 0 Å². The third-order valence-electron chi connectivity index (χ3n) is 2.67. The van der Waals surface area contributed by atoms with Crippen LogP contribution in [0.3, 0.4) is 0 Å². The van der Waals surface area contributed by atoms with Crippen molar-refractivity contribution >= 4 is 17.8 Å². The van der Waals surface area contributed by atoms with Gasteiger partial charge in [0, 0.05) is 25.5 Å². The van der Waals surface area contributed by atoms with Crippen LogP contribution in [0.4, 0.5) is 11.9 Å². The summed E-state index contributed by atoms with van der Waals surface area (Å²) in [7, 11) is 0. The monoisotopic (exact) mass is 290 g/mol. The second-order valence-electron chi connectivity index (χ2n) is 4.22. The van der Waals surface area contributed by atoms with Gasteiger partial charge in [0.1, 0.15) is 0 Å². The molecule has 112 valence electrons. The quantitative estimate of drug-likeness (QED) is 0.725. The van der Waals surface area contributed by atoms with Gasteiger partial charge in [-0.2, -0.15) is 20.1 Å². The second-order valence-corrected chi connectivity index (χ2v) is 4.22. The molecule has 0 saturated heterocycles. The molecule has 2 aromatic rings. The number of carbonyl (C=O) groups excluding carboxylic acids is 1. The van der Waals surface area contributed by atoms with Crippen molar-refractivity contribution in [1.82, 2.24) is 24.7 Å². The average Bonchev–Trinajstić information content (AvgIpc) is 2.98. The van der Waals surface area contributed by atoms with Gasteiger partial charge in [0.2, 0.25) is 17.8 Å².